The van der Waals surface area contributed by atoms with Gasteiger partial charge in [0.25, 0.3) is 0 Å². The maximum atomic E-state index is 13.2. The maximum Gasteiger partial charge on any atom is 0.197 e. The quantitative estimate of drug-likeness (QED) is 0.173. The van der Waals surface area contributed by atoms with Crippen molar-refractivity contribution in [1.29, 1.82) is 0 Å². The Labute approximate surface area is 231 Å². The second kappa shape index (κ2) is 11.5. The molecule has 3 unspecified atom stereocenters. The van der Waals surface area contributed by atoms with Gasteiger partial charge >= 0.3 is 0 Å². The standard InChI is InChI=1S/C27H30O14/c1-37-16-7-13(31)18-12(30)6-15(10-2-4-11(29)5-3-10)39-24(18)19(16)25-26(22(35)21(34)17(8-28)40-25)41-27-23(36)20(33)14(32)9-38-27/h2-7,14,17,20-23,25-29,31-36H,8-9H2,1H3/t14-,17?,20+,21-,22+,23?,25+,26?,27+/m1/s1. The number of ether oxygens (including phenoxy) is 4. The van der Waals surface area contributed by atoms with Crippen LogP contribution >= 0.6 is 0 Å². The topological polar surface area (TPSA) is 229 Å². The molecule has 8 N–H and O–H groups in total. The number of aliphatic hydroxyl groups excluding tert-OH is 6. The summed E-state index contributed by atoms with van der Waals surface area (Å²) in [5, 5.41) is 82.1. The number of benzene rings is 2. The Bertz CT molecular complexity index is 1440. The van der Waals surface area contributed by atoms with Gasteiger partial charge in [-0.2, -0.15) is 0 Å². The summed E-state index contributed by atoms with van der Waals surface area (Å²) in [4.78, 5) is 13.2. The Balaban J connectivity index is 1.69. The monoisotopic (exact) mass is 578 g/mol. The van der Waals surface area contributed by atoms with E-state index in [1.165, 1.54) is 31.4 Å². The van der Waals surface area contributed by atoms with Crippen molar-refractivity contribution in [2.24, 2.45) is 0 Å². The highest BCUT2D eigenvalue weighted by Gasteiger charge is 2.50. The summed E-state index contributed by atoms with van der Waals surface area (Å²) >= 11 is 0. The molecule has 0 aliphatic carbocycles. The molecule has 2 fully saturated rings. The first-order valence-electron chi connectivity index (χ1n) is 12.7. The van der Waals surface area contributed by atoms with E-state index in [1.54, 1.807) is 0 Å². The molecule has 2 aromatic carbocycles. The summed E-state index contributed by atoms with van der Waals surface area (Å²) in [6, 6.07) is 7.99. The molecule has 2 aliphatic rings. The van der Waals surface area contributed by atoms with Gasteiger partial charge in [-0.25, -0.2) is 0 Å². The molecular formula is C27H30O14. The van der Waals surface area contributed by atoms with Crippen LogP contribution in [0.5, 0.6) is 17.2 Å². The first-order valence-corrected chi connectivity index (χ1v) is 12.7. The third-order valence-electron chi connectivity index (χ3n) is 7.25. The average Bonchev–Trinajstić information content (AvgIpc) is 2.95. The van der Waals surface area contributed by atoms with Gasteiger partial charge < -0.3 is 64.2 Å². The average molecular weight is 579 g/mol. The number of fused-ring (bicyclic) bond motifs is 1. The van der Waals surface area contributed by atoms with Crippen LogP contribution in [-0.2, 0) is 14.2 Å². The lowest BCUT2D eigenvalue weighted by molar-refractivity contribution is -0.325. The van der Waals surface area contributed by atoms with Gasteiger partial charge in [0.05, 0.1) is 25.9 Å². The summed E-state index contributed by atoms with van der Waals surface area (Å²) < 4.78 is 28.6. The zero-order valence-electron chi connectivity index (χ0n) is 21.6. The van der Waals surface area contributed by atoms with Crippen molar-refractivity contribution in [3.05, 3.63) is 52.2 Å². The van der Waals surface area contributed by atoms with Gasteiger partial charge in [-0.15, -0.1) is 0 Å². The lowest BCUT2D eigenvalue weighted by Gasteiger charge is -2.45. The summed E-state index contributed by atoms with van der Waals surface area (Å²) in [6.45, 7) is -1.16. The SMILES string of the molecule is COc1cc(O)c2c(=O)cc(-c3ccc(O)cc3)oc2c1[C@@H]1OC(CO)[C@@H](O)[C@H](O)C1O[C@@H]1OC[C@@H](O)[C@H](O)C1O. The van der Waals surface area contributed by atoms with E-state index >= 15 is 0 Å². The lowest BCUT2D eigenvalue weighted by atomic mass is 9.89. The minimum atomic E-state index is -1.79. The first-order chi connectivity index (χ1) is 19.5. The van der Waals surface area contributed by atoms with Crippen LogP contribution in [0.15, 0.2) is 45.6 Å². The zero-order valence-corrected chi connectivity index (χ0v) is 21.6. The van der Waals surface area contributed by atoms with Crippen molar-refractivity contribution in [2.45, 2.75) is 55.1 Å². The number of aromatic hydroxyl groups is 2. The third-order valence-corrected chi connectivity index (χ3v) is 7.25. The van der Waals surface area contributed by atoms with E-state index in [4.69, 9.17) is 23.4 Å². The normalized spacial score (nSPS) is 32.2. The van der Waals surface area contributed by atoms with E-state index in [-0.39, 0.29) is 33.8 Å². The summed E-state index contributed by atoms with van der Waals surface area (Å²) in [7, 11) is 1.26. The Kier molecular flexibility index (Phi) is 8.20. The van der Waals surface area contributed by atoms with E-state index < -0.39 is 79.5 Å². The van der Waals surface area contributed by atoms with Gasteiger partial charge in [0, 0.05) is 17.7 Å². The van der Waals surface area contributed by atoms with E-state index in [0.717, 1.165) is 12.1 Å². The third kappa shape index (κ3) is 5.25. The molecule has 0 amide bonds. The highest BCUT2D eigenvalue weighted by Crippen LogP contribution is 2.45. The summed E-state index contributed by atoms with van der Waals surface area (Å²) in [6.07, 6.45) is -14.4. The smallest absolute Gasteiger partial charge is 0.197 e. The second-order valence-corrected chi connectivity index (χ2v) is 9.85. The van der Waals surface area contributed by atoms with Crippen molar-refractivity contribution < 1.29 is 64.2 Å². The number of phenolic OH excluding ortho intramolecular Hbond substituents is 2. The summed E-state index contributed by atoms with van der Waals surface area (Å²) in [5.74, 6) is -0.574. The molecule has 41 heavy (non-hydrogen) atoms. The molecule has 3 aromatic rings. The number of rotatable bonds is 6. The Morgan fingerprint density at radius 3 is 2.32 bits per heavy atom. The molecule has 222 valence electrons. The highest BCUT2D eigenvalue weighted by molar-refractivity contribution is 5.89. The zero-order chi connectivity index (χ0) is 29.6. The van der Waals surface area contributed by atoms with Crippen molar-refractivity contribution in [3.63, 3.8) is 0 Å². The predicted octanol–water partition coefficient (Wildman–Crippen LogP) is -1.14. The van der Waals surface area contributed by atoms with E-state index in [2.05, 4.69) is 0 Å². The van der Waals surface area contributed by atoms with Crippen LogP contribution in [0.25, 0.3) is 22.3 Å². The molecule has 0 radical (unpaired) electrons. The molecule has 0 spiro atoms. The minimum Gasteiger partial charge on any atom is -0.508 e. The molecule has 3 heterocycles. The number of hydrogen-bond donors (Lipinski definition) is 8. The van der Waals surface area contributed by atoms with Gasteiger partial charge in [-0.05, 0) is 24.3 Å². The van der Waals surface area contributed by atoms with Gasteiger partial charge in [0.1, 0.15) is 77.2 Å². The van der Waals surface area contributed by atoms with Crippen LogP contribution in [0.4, 0.5) is 0 Å². The number of phenols is 2. The first kappa shape index (κ1) is 29.2. The molecule has 5 rings (SSSR count). The molecule has 0 saturated carbocycles. The summed E-state index contributed by atoms with van der Waals surface area (Å²) in [5.41, 5.74) is -0.566. The van der Waals surface area contributed by atoms with Crippen LogP contribution in [0.1, 0.15) is 11.7 Å². The molecule has 2 aliphatic heterocycles. The maximum absolute atomic E-state index is 13.2. The van der Waals surface area contributed by atoms with E-state index in [0.29, 0.717) is 5.56 Å². The highest BCUT2D eigenvalue weighted by atomic mass is 16.7. The molecule has 9 atom stereocenters. The van der Waals surface area contributed by atoms with Crippen molar-refractivity contribution in [3.8, 4) is 28.6 Å². The predicted molar refractivity (Wildman–Crippen MR) is 137 cm³/mol. The minimum absolute atomic E-state index is 0.0279. The van der Waals surface area contributed by atoms with Gasteiger partial charge in [-0.3, -0.25) is 4.79 Å². The Hall–Kier alpha value is -3.31. The fourth-order valence-corrected chi connectivity index (χ4v) is 5.05. The van der Waals surface area contributed by atoms with Crippen LogP contribution in [0.2, 0.25) is 0 Å². The molecule has 14 heteroatoms. The van der Waals surface area contributed by atoms with Crippen molar-refractivity contribution >= 4 is 11.0 Å². The van der Waals surface area contributed by atoms with Gasteiger partial charge in [0.15, 0.2) is 17.3 Å². The lowest BCUT2D eigenvalue weighted by Crippen LogP contribution is -2.60. The van der Waals surface area contributed by atoms with Gasteiger partial charge in [0.2, 0.25) is 0 Å². The van der Waals surface area contributed by atoms with Crippen LogP contribution < -0.4 is 10.2 Å². The number of hydrogen-bond acceptors (Lipinski definition) is 14. The molecule has 0 bridgehead atoms. The van der Waals surface area contributed by atoms with Crippen LogP contribution in [0.3, 0.4) is 0 Å². The number of methoxy groups -OCH3 is 1. The van der Waals surface area contributed by atoms with Crippen molar-refractivity contribution in [2.75, 3.05) is 20.3 Å². The Morgan fingerprint density at radius 1 is 0.951 bits per heavy atom. The Morgan fingerprint density at radius 2 is 1.66 bits per heavy atom. The van der Waals surface area contributed by atoms with E-state index in [9.17, 15) is 45.6 Å². The molecule has 1 aromatic heterocycles. The molecule has 14 nitrogen and oxygen atoms in total. The van der Waals surface area contributed by atoms with Crippen molar-refractivity contribution in [1.82, 2.24) is 0 Å². The largest absolute Gasteiger partial charge is 0.508 e. The fraction of sp³-hybridized carbons (Fsp3) is 0.444. The molecular weight excluding hydrogens is 548 g/mol. The van der Waals surface area contributed by atoms with Gasteiger partial charge in [-0.1, -0.05) is 0 Å². The molecule has 2 saturated heterocycles. The number of aliphatic hydroxyl groups is 6. The van der Waals surface area contributed by atoms with Crippen LogP contribution in [0, 0.1) is 0 Å². The fourth-order valence-electron chi connectivity index (χ4n) is 5.05. The van der Waals surface area contributed by atoms with E-state index in [1.807, 2.05) is 0 Å². The second-order valence-electron chi connectivity index (χ2n) is 9.85. The van der Waals surface area contributed by atoms with Crippen LogP contribution in [-0.4, -0.2) is 110 Å².